The van der Waals surface area contributed by atoms with Gasteiger partial charge >= 0.3 is 0 Å². The summed E-state index contributed by atoms with van der Waals surface area (Å²) in [7, 11) is 0. The van der Waals surface area contributed by atoms with Gasteiger partial charge in [-0.2, -0.15) is 0 Å². The number of carbonyl (C=O) groups excluding carboxylic acids is 1. The van der Waals surface area contributed by atoms with Gasteiger partial charge in [0.15, 0.2) is 0 Å². The average molecular weight is 266 g/mol. The van der Waals surface area contributed by atoms with E-state index < -0.39 is 10.7 Å². The lowest BCUT2D eigenvalue weighted by atomic mass is 10.0. The van der Waals surface area contributed by atoms with Crippen LogP contribution in [-0.4, -0.2) is 22.9 Å². The fraction of sp³-hybridized carbons (Fsp3) is 0.250. The average Bonchev–Trinajstić information content (AvgIpc) is 2.76. The largest absolute Gasteiger partial charge is 0.463 e. The number of nitrogens with zero attached hydrogens (tertiary/aromatic N) is 1. The smallest absolute Gasteiger partial charge is 0.293 e. The van der Waals surface area contributed by atoms with Gasteiger partial charge in [-0.1, -0.05) is 0 Å². The maximum absolute atomic E-state index is 13.4. The van der Waals surface area contributed by atoms with E-state index in [2.05, 4.69) is 9.72 Å². The molecule has 1 aromatic carbocycles. The van der Waals surface area contributed by atoms with Crippen molar-refractivity contribution < 1.29 is 18.8 Å². The number of halogens is 1. The van der Waals surface area contributed by atoms with Crippen molar-refractivity contribution in [1.29, 1.82) is 0 Å². The van der Waals surface area contributed by atoms with Gasteiger partial charge in [0.2, 0.25) is 6.54 Å². The first-order chi connectivity index (χ1) is 9.11. The van der Waals surface area contributed by atoms with Crippen LogP contribution in [-0.2, 0) is 22.6 Å². The third-order valence-corrected chi connectivity index (χ3v) is 2.78. The number of hydrogen-bond acceptors (Lipinski definition) is 4. The molecular weight excluding hydrogens is 255 g/mol. The zero-order chi connectivity index (χ0) is 13.8. The number of nitro groups is 1. The highest BCUT2D eigenvalue weighted by atomic mass is 19.1. The Hall–Kier alpha value is -2.44. The maximum Gasteiger partial charge on any atom is 0.293 e. The molecule has 0 saturated carbocycles. The molecule has 19 heavy (non-hydrogen) atoms. The number of carbonyl (C=O) groups is 1. The van der Waals surface area contributed by atoms with Crippen LogP contribution < -0.4 is 0 Å². The van der Waals surface area contributed by atoms with E-state index in [1.165, 1.54) is 12.1 Å². The number of aromatic amines is 1. The molecule has 0 atom stereocenters. The molecule has 0 aliphatic rings. The summed E-state index contributed by atoms with van der Waals surface area (Å²) >= 11 is 0. The number of fused-ring (bicyclic) bond motifs is 1. The van der Waals surface area contributed by atoms with Crippen molar-refractivity contribution in [2.75, 3.05) is 6.54 Å². The molecule has 0 saturated heterocycles. The quantitative estimate of drug-likeness (QED) is 0.490. The molecule has 0 unspecified atom stereocenters. The van der Waals surface area contributed by atoms with Gasteiger partial charge in [0.05, 0.1) is 0 Å². The Bertz CT molecular complexity index is 623. The molecule has 100 valence electrons. The molecule has 0 spiro atoms. The van der Waals surface area contributed by atoms with Gasteiger partial charge in [0.25, 0.3) is 6.47 Å². The molecule has 0 bridgehead atoms. The van der Waals surface area contributed by atoms with E-state index >= 15 is 0 Å². The molecule has 2 rings (SSSR count). The summed E-state index contributed by atoms with van der Waals surface area (Å²) < 4.78 is 18.0. The predicted molar refractivity (Wildman–Crippen MR) is 64.7 cm³/mol. The minimum atomic E-state index is -0.459. The number of ether oxygens (including phenoxy) is 1. The first-order valence-corrected chi connectivity index (χ1v) is 5.57. The minimum absolute atomic E-state index is 0.0684. The van der Waals surface area contributed by atoms with Crippen LogP contribution in [0.2, 0.25) is 0 Å². The monoisotopic (exact) mass is 266 g/mol. The molecule has 1 aromatic heterocycles. The van der Waals surface area contributed by atoms with Crippen LogP contribution in [0.15, 0.2) is 18.3 Å². The van der Waals surface area contributed by atoms with Crippen LogP contribution >= 0.6 is 0 Å². The highest BCUT2D eigenvalue weighted by molar-refractivity contribution is 5.86. The van der Waals surface area contributed by atoms with Crippen LogP contribution in [0, 0.1) is 15.9 Å². The van der Waals surface area contributed by atoms with Gasteiger partial charge in [-0.05, 0) is 17.7 Å². The van der Waals surface area contributed by atoms with Gasteiger partial charge in [0, 0.05) is 34.0 Å². The Labute approximate surface area is 107 Å². The summed E-state index contributed by atoms with van der Waals surface area (Å²) in [6.07, 6.45) is 1.84. The van der Waals surface area contributed by atoms with Gasteiger partial charge in [-0.25, -0.2) is 4.39 Å². The Morgan fingerprint density at radius 1 is 1.42 bits per heavy atom. The minimum Gasteiger partial charge on any atom is -0.463 e. The predicted octanol–water partition coefficient (Wildman–Crippen LogP) is 1.80. The number of hydrogen-bond donors (Lipinski definition) is 1. The van der Waals surface area contributed by atoms with E-state index in [0.717, 1.165) is 0 Å². The van der Waals surface area contributed by atoms with E-state index in [4.69, 9.17) is 0 Å². The van der Waals surface area contributed by atoms with E-state index in [0.29, 0.717) is 22.0 Å². The Kier molecular flexibility index (Phi) is 3.74. The molecule has 6 nitrogen and oxygen atoms in total. The second-order valence-electron chi connectivity index (χ2n) is 4.01. The van der Waals surface area contributed by atoms with Crippen molar-refractivity contribution in [3.05, 3.63) is 45.4 Å². The molecule has 2 aromatic rings. The molecule has 0 aliphatic carbocycles. The Balaban J connectivity index is 2.42. The Morgan fingerprint density at radius 2 is 2.21 bits per heavy atom. The van der Waals surface area contributed by atoms with Gasteiger partial charge in [-0.15, -0.1) is 0 Å². The molecule has 7 heteroatoms. The number of benzene rings is 1. The number of nitrogens with one attached hydrogen (secondary N) is 1. The van der Waals surface area contributed by atoms with Crippen LogP contribution in [0.5, 0.6) is 0 Å². The normalized spacial score (nSPS) is 10.6. The van der Waals surface area contributed by atoms with Crippen LogP contribution in [0.4, 0.5) is 4.39 Å². The lowest BCUT2D eigenvalue weighted by Crippen LogP contribution is -2.04. The van der Waals surface area contributed by atoms with Crippen LogP contribution in [0.1, 0.15) is 11.1 Å². The molecule has 0 radical (unpaired) electrons. The van der Waals surface area contributed by atoms with Crippen molar-refractivity contribution in [3.8, 4) is 0 Å². The topological polar surface area (TPSA) is 85.2 Å². The van der Waals surface area contributed by atoms with Gasteiger partial charge in [-0.3, -0.25) is 14.9 Å². The molecule has 1 N–H and O–H groups in total. The van der Waals surface area contributed by atoms with Crippen molar-refractivity contribution in [3.63, 3.8) is 0 Å². The maximum atomic E-state index is 13.4. The summed E-state index contributed by atoms with van der Waals surface area (Å²) in [5.74, 6) is -0.459. The SMILES string of the molecule is O=COCc1cc(F)cc2[nH]cc(CC[N+](=O)[O-])c12. The fourth-order valence-electron chi connectivity index (χ4n) is 2.04. The second kappa shape index (κ2) is 5.47. The standard InChI is InChI=1S/C12H11FN2O4/c13-10-3-9(6-19-7-16)12-8(1-2-15(17)18)5-14-11(12)4-10/h3-5,7,14H,1-2,6H2. The van der Waals surface area contributed by atoms with Crippen molar-refractivity contribution >= 4 is 17.4 Å². The third-order valence-electron chi connectivity index (χ3n) is 2.78. The summed E-state index contributed by atoms with van der Waals surface area (Å²) in [6, 6.07) is 2.56. The summed E-state index contributed by atoms with van der Waals surface area (Å²) in [5, 5.41) is 11.1. The number of H-pyrrole nitrogens is 1. The Morgan fingerprint density at radius 3 is 2.89 bits per heavy atom. The first kappa shape index (κ1) is 13.0. The van der Waals surface area contributed by atoms with Gasteiger partial charge < -0.3 is 9.72 Å². The van der Waals surface area contributed by atoms with Gasteiger partial charge in [0.1, 0.15) is 12.4 Å². The van der Waals surface area contributed by atoms with Crippen molar-refractivity contribution in [2.45, 2.75) is 13.0 Å². The summed E-state index contributed by atoms with van der Waals surface area (Å²) in [5.41, 5.74) is 1.72. The molecule has 0 aliphatic heterocycles. The third kappa shape index (κ3) is 2.87. The van der Waals surface area contributed by atoms with E-state index in [1.807, 2.05) is 0 Å². The lowest BCUT2D eigenvalue weighted by molar-refractivity contribution is -0.479. The number of rotatable bonds is 6. The number of aromatic nitrogens is 1. The van der Waals surface area contributed by atoms with E-state index in [9.17, 15) is 19.3 Å². The highest BCUT2D eigenvalue weighted by Crippen LogP contribution is 2.25. The molecule has 0 fully saturated rings. The zero-order valence-electron chi connectivity index (χ0n) is 9.89. The van der Waals surface area contributed by atoms with E-state index in [1.54, 1.807) is 6.20 Å². The summed E-state index contributed by atoms with van der Waals surface area (Å²) in [4.78, 5) is 23.1. The second-order valence-corrected chi connectivity index (χ2v) is 4.01. The fourth-order valence-corrected chi connectivity index (χ4v) is 2.04. The molecular formula is C12H11FN2O4. The van der Waals surface area contributed by atoms with Crippen molar-refractivity contribution in [1.82, 2.24) is 4.98 Å². The van der Waals surface area contributed by atoms with Crippen LogP contribution in [0.3, 0.4) is 0 Å². The molecule has 1 heterocycles. The lowest BCUT2D eigenvalue weighted by Gasteiger charge is -2.05. The first-order valence-electron chi connectivity index (χ1n) is 5.57. The van der Waals surface area contributed by atoms with Crippen molar-refractivity contribution in [2.24, 2.45) is 0 Å². The van der Waals surface area contributed by atoms with Crippen LogP contribution in [0.25, 0.3) is 10.9 Å². The highest BCUT2D eigenvalue weighted by Gasteiger charge is 2.13. The summed E-state index contributed by atoms with van der Waals surface area (Å²) in [6.45, 7) is -0.000524. The van der Waals surface area contributed by atoms with E-state index in [-0.39, 0.29) is 26.0 Å². The molecule has 0 amide bonds. The zero-order valence-corrected chi connectivity index (χ0v) is 9.89.